The van der Waals surface area contributed by atoms with Gasteiger partial charge < -0.3 is 11.1 Å². The molecule has 1 aromatic rings. The topological polar surface area (TPSA) is 98.2 Å². The number of sulfonamides is 1. The number of rotatable bonds is 5. The zero-order valence-corrected chi connectivity index (χ0v) is 10.7. The Morgan fingerprint density at radius 1 is 1.26 bits per heavy atom. The summed E-state index contributed by atoms with van der Waals surface area (Å²) in [6.45, 7) is 0.0256. The molecule has 0 aliphatic heterocycles. The molecular formula is C10H14F3N3O2S. The van der Waals surface area contributed by atoms with Gasteiger partial charge in [-0.25, -0.2) is 13.6 Å². The van der Waals surface area contributed by atoms with E-state index in [2.05, 4.69) is 5.32 Å². The lowest BCUT2D eigenvalue weighted by Crippen LogP contribution is -2.14. The Balaban J connectivity index is 2.68. The largest absolute Gasteiger partial charge is 0.397 e. The first-order chi connectivity index (χ1) is 8.59. The maximum atomic E-state index is 11.9. The number of hydrogen-bond donors (Lipinski definition) is 3. The van der Waals surface area contributed by atoms with E-state index in [0.29, 0.717) is 0 Å². The van der Waals surface area contributed by atoms with Crippen LogP contribution in [0.15, 0.2) is 23.1 Å². The van der Waals surface area contributed by atoms with Gasteiger partial charge in [0.15, 0.2) is 0 Å². The maximum absolute atomic E-state index is 11.9. The van der Waals surface area contributed by atoms with Gasteiger partial charge in [-0.15, -0.1) is 0 Å². The molecule has 0 unspecified atom stereocenters. The zero-order chi connectivity index (χ0) is 14.7. The summed E-state index contributed by atoms with van der Waals surface area (Å²) >= 11 is 0. The molecule has 108 valence electrons. The molecule has 0 saturated heterocycles. The van der Waals surface area contributed by atoms with Crippen LogP contribution in [0.1, 0.15) is 12.8 Å². The van der Waals surface area contributed by atoms with Gasteiger partial charge in [0, 0.05) is 13.0 Å². The first kappa shape index (κ1) is 15.6. The molecule has 5 N–H and O–H groups in total. The summed E-state index contributed by atoms with van der Waals surface area (Å²) in [5.41, 5.74) is 6.06. The SMILES string of the molecule is Nc1ccc(S(N)(=O)=O)cc1NCCCC(F)(F)F. The van der Waals surface area contributed by atoms with Crippen molar-refractivity contribution < 1.29 is 21.6 Å². The third-order valence-electron chi connectivity index (χ3n) is 2.31. The summed E-state index contributed by atoms with van der Waals surface area (Å²) in [6.07, 6.45) is -5.27. The quantitative estimate of drug-likeness (QED) is 0.568. The van der Waals surface area contributed by atoms with Crippen LogP contribution in [-0.2, 0) is 10.0 Å². The lowest BCUT2D eigenvalue weighted by atomic mass is 10.2. The first-order valence-electron chi connectivity index (χ1n) is 5.32. The Morgan fingerprint density at radius 2 is 1.89 bits per heavy atom. The van der Waals surface area contributed by atoms with Crippen molar-refractivity contribution in [1.29, 1.82) is 0 Å². The highest BCUT2D eigenvalue weighted by molar-refractivity contribution is 7.89. The molecule has 0 fully saturated rings. The van der Waals surface area contributed by atoms with Gasteiger partial charge in [0.25, 0.3) is 0 Å². The monoisotopic (exact) mass is 297 g/mol. The minimum atomic E-state index is -4.21. The molecule has 0 saturated carbocycles. The summed E-state index contributed by atoms with van der Waals surface area (Å²) in [6, 6.07) is 3.75. The second kappa shape index (κ2) is 5.66. The Kier molecular flexibility index (Phi) is 4.64. The number of nitrogen functional groups attached to an aromatic ring is 1. The summed E-state index contributed by atoms with van der Waals surface area (Å²) in [7, 11) is -3.87. The van der Waals surface area contributed by atoms with E-state index < -0.39 is 22.6 Å². The highest BCUT2D eigenvalue weighted by Crippen LogP contribution is 2.24. The van der Waals surface area contributed by atoms with E-state index in [1.54, 1.807) is 0 Å². The fourth-order valence-corrected chi connectivity index (χ4v) is 1.92. The van der Waals surface area contributed by atoms with Gasteiger partial charge in [-0.3, -0.25) is 0 Å². The summed E-state index contributed by atoms with van der Waals surface area (Å²) < 4.78 is 58.0. The summed E-state index contributed by atoms with van der Waals surface area (Å²) in [4.78, 5) is -0.153. The van der Waals surface area contributed by atoms with Crippen molar-refractivity contribution in [2.75, 3.05) is 17.6 Å². The molecule has 5 nitrogen and oxygen atoms in total. The summed E-state index contributed by atoms with van der Waals surface area (Å²) in [5.74, 6) is 0. The van der Waals surface area contributed by atoms with E-state index in [9.17, 15) is 21.6 Å². The number of nitrogens with two attached hydrogens (primary N) is 2. The van der Waals surface area contributed by atoms with E-state index >= 15 is 0 Å². The van der Waals surface area contributed by atoms with Gasteiger partial charge in [0.1, 0.15) is 0 Å². The highest BCUT2D eigenvalue weighted by atomic mass is 32.2. The van der Waals surface area contributed by atoms with Crippen molar-refractivity contribution in [3.63, 3.8) is 0 Å². The molecule has 0 atom stereocenters. The molecule has 9 heteroatoms. The molecule has 0 bridgehead atoms. The van der Waals surface area contributed by atoms with Crippen LogP contribution in [0.25, 0.3) is 0 Å². The van der Waals surface area contributed by atoms with E-state index in [4.69, 9.17) is 10.9 Å². The van der Waals surface area contributed by atoms with Gasteiger partial charge in [-0.2, -0.15) is 13.2 Å². The van der Waals surface area contributed by atoms with Crippen LogP contribution in [0.2, 0.25) is 0 Å². The fraction of sp³-hybridized carbons (Fsp3) is 0.400. The molecule has 0 radical (unpaired) electrons. The predicted octanol–water partition coefficient (Wildman–Crippen LogP) is 1.67. The van der Waals surface area contributed by atoms with Crippen LogP contribution in [0.3, 0.4) is 0 Å². The van der Waals surface area contributed by atoms with E-state index in [1.807, 2.05) is 0 Å². The average Bonchev–Trinajstić information content (AvgIpc) is 2.23. The Bertz CT molecular complexity index is 543. The number of primary sulfonamides is 1. The molecule has 1 aromatic carbocycles. The van der Waals surface area contributed by atoms with Crippen molar-refractivity contribution in [3.05, 3.63) is 18.2 Å². The van der Waals surface area contributed by atoms with Crippen LogP contribution in [-0.4, -0.2) is 21.1 Å². The number of alkyl halides is 3. The average molecular weight is 297 g/mol. The smallest absolute Gasteiger partial charge is 0.389 e. The Hall–Kier alpha value is -1.48. The normalized spacial score (nSPS) is 12.4. The molecular weight excluding hydrogens is 283 g/mol. The minimum absolute atomic E-state index is 0.0256. The van der Waals surface area contributed by atoms with Crippen LogP contribution >= 0.6 is 0 Å². The second-order valence-electron chi connectivity index (χ2n) is 3.94. The molecule has 0 aliphatic rings. The van der Waals surface area contributed by atoms with Crippen molar-refractivity contribution in [3.8, 4) is 0 Å². The highest BCUT2D eigenvalue weighted by Gasteiger charge is 2.25. The second-order valence-corrected chi connectivity index (χ2v) is 5.50. The Morgan fingerprint density at radius 3 is 2.42 bits per heavy atom. The van der Waals surface area contributed by atoms with Crippen LogP contribution in [0.4, 0.5) is 24.5 Å². The van der Waals surface area contributed by atoms with Crippen LogP contribution in [0.5, 0.6) is 0 Å². The predicted molar refractivity (Wildman–Crippen MR) is 66.0 cm³/mol. The molecule has 0 amide bonds. The number of hydrogen-bond acceptors (Lipinski definition) is 4. The molecule has 0 heterocycles. The molecule has 0 spiro atoms. The van der Waals surface area contributed by atoms with Crippen molar-refractivity contribution >= 4 is 21.4 Å². The number of anilines is 2. The molecule has 19 heavy (non-hydrogen) atoms. The van der Waals surface area contributed by atoms with Gasteiger partial charge in [0.2, 0.25) is 10.0 Å². The molecule has 0 aromatic heterocycles. The third kappa shape index (κ3) is 5.35. The van der Waals surface area contributed by atoms with Crippen LogP contribution in [0, 0.1) is 0 Å². The minimum Gasteiger partial charge on any atom is -0.397 e. The van der Waals surface area contributed by atoms with Gasteiger partial charge >= 0.3 is 6.18 Å². The van der Waals surface area contributed by atoms with E-state index in [1.165, 1.54) is 18.2 Å². The van der Waals surface area contributed by atoms with Crippen molar-refractivity contribution in [2.24, 2.45) is 5.14 Å². The summed E-state index contributed by atoms with van der Waals surface area (Å²) in [5, 5.41) is 7.60. The van der Waals surface area contributed by atoms with E-state index in [0.717, 1.165) is 0 Å². The standard InChI is InChI=1S/C10H14F3N3O2S/c11-10(12,13)4-1-5-16-9-6-7(19(15,17)18)2-3-8(9)14/h2-3,6,16H,1,4-5,14H2,(H2,15,17,18). The van der Waals surface area contributed by atoms with Gasteiger partial charge in [0.05, 0.1) is 16.3 Å². The zero-order valence-electron chi connectivity index (χ0n) is 9.87. The fourth-order valence-electron chi connectivity index (χ4n) is 1.38. The molecule has 0 aliphatic carbocycles. The Labute approximate surface area is 108 Å². The number of nitrogens with one attached hydrogen (secondary N) is 1. The van der Waals surface area contributed by atoms with Crippen LogP contribution < -0.4 is 16.2 Å². The lowest BCUT2D eigenvalue weighted by molar-refractivity contribution is -0.134. The molecule has 1 rings (SSSR count). The number of benzene rings is 1. The van der Waals surface area contributed by atoms with E-state index in [-0.39, 0.29) is 29.2 Å². The van der Waals surface area contributed by atoms with Gasteiger partial charge in [-0.05, 0) is 24.6 Å². The lowest BCUT2D eigenvalue weighted by Gasteiger charge is -2.11. The number of halogens is 3. The van der Waals surface area contributed by atoms with Gasteiger partial charge in [-0.1, -0.05) is 0 Å². The van der Waals surface area contributed by atoms with Crippen molar-refractivity contribution in [1.82, 2.24) is 0 Å². The van der Waals surface area contributed by atoms with Crippen molar-refractivity contribution in [2.45, 2.75) is 23.9 Å². The maximum Gasteiger partial charge on any atom is 0.389 e. The third-order valence-corrected chi connectivity index (χ3v) is 3.22. The first-order valence-corrected chi connectivity index (χ1v) is 6.87.